The molecular weight excluding hydrogens is 337 g/mol. The number of rotatable bonds is 8. The third kappa shape index (κ3) is 4.11. The molecule has 0 spiro atoms. The number of benzene rings is 1. The molecule has 2 aromatic heterocycles. The molecule has 0 radical (unpaired) electrons. The molecule has 136 valence electrons. The second-order valence-corrected chi connectivity index (χ2v) is 5.60. The van der Waals surface area contributed by atoms with E-state index in [-0.39, 0.29) is 6.61 Å². The van der Waals surface area contributed by atoms with Crippen LogP contribution in [0.1, 0.15) is 18.9 Å². The Balaban J connectivity index is 1.69. The minimum atomic E-state index is 0.208. The molecule has 0 amide bonds. The van der Waals surface area contributed by atoms with Gasteiger partial charge in [-0.2, -0.15) is 4.98 Å². The van der Waals surface area contributed by atoms with E-state index in [9.17, 15) is 4.39 Å². The first-order chi connectivity index (χ1) is 12.7. The van der Waals surface area contributed by atoms with Crippen molar-refractivity contribution in [2.75, 3.05) is 19.0 Å². The van der Waals surface area contributed by atoms with Gasteiger partial charge in [0.15, 0.2) is 5.58 Å². The molecule has 0 fully saturated rings. The van der Waals surface area contributed by atoms with Gasteiger partial charge in [-0.05, 0) is 30.2 Å². The second-order valence-electron chi connectivity index (χ2n) is 5.60. The predicted octanol–water partition coefficient (Wildman–Crippen LogP) is 4.49. The third-order valence-corrected chi connectivity index (χ3v) is 3.91. The lowest BCUT2D eigenvalue weighted by Gasteiger charge is -2.07. The van der Waals surface area contributed by atoms with Gasteiger partial charge >= 0.3 is 0 Å². The first kappa shape index (κ1) is 17.7. The number of hydrogen-bond acceptors (Lipinski definition) is 6. The van der Waals surface area contributed by atoms with Crippen LogP contribution < -0.4 is 14.8 Å². The summed E-state index contributed by atoms with van der Waals surface area (Å²) in [5.74, 6) is 1.29. The van der Waals surface area contributed by atoms with Crippen LogP contribution in [0.2, 0.25) is 0 Å². The molecule has 1 N–H and O–H groups in total. The summed E-state index contributed by atoms with van der Waals surface area (Å²) in [6.45, 7) is 2.58. The minimum Gasteiger partial charge on any atom is -0.495 e. The van der Waals surface area contributed by atoms with Crippen LogP contribution in [-0.2, 0) is 6.54 Å². The number of nitrogens with zero attached hydrogens (tertiary/aromatic N) is 2. The lowest BCUT2D eigenvalue weighted by Crippen LogP contribution is -2.02. The van der Waals surface area contributed by atoms with E-state index in [0.29, 0.717) is 53.5 Å². The van der Waals surface area contributed by atoms with Crippen LogP contribution in [0, 0.1) is 0 Å². The van der Waals surface area contributed by atoms with Gasteiger partial charge in [-0.3, -0.25) is 4.98 Å². The molecule has 0 aliphatic carbocycles. The summed E-state index contributed by atoms with van der Waals surface area (Å²) in [4.78, 5) is 8.42. The minimum absolute atomic E-state index is 0.208. The molecule has 0 unspecified atom stereocenters. The van der Waals surface area contributed by atoms with Crippen molar-refractivity contribution in [3.05, 3.63) is 54.1 Å². The Morgan fingerprint density at radius 2 is 2.23 bits per heavy atom. The van der Waals surface area contributed by atoms with Gasteiger partial charge < -0.3 is 19.2 Å². The molecule has 0 saturated carbocycles. The largest absolute Gasteiger partial charge is 0.495 e. The summed E-state index contributed by atoms with van der Waals surface area (Å²) < 4.78 is 29.2. The van der Waals surface area contributed by atoms with Crippen molar-refractivity contribution in [3.63, 3.8) is 0 Å². The fourth-order valence-corrected chi connectivity index (χ4v) is 2.37. The van der Waals surface area contributed by atoms with Crippen molar-refractivity contribution in [1.29, 1.82) is 0 Å². The van der Waals surface area contributed by atoms with Crippen LogP contribution in [0.4, 0.5) is 10.4 Å². The number of ether oxygens (including phenoxy) is 2. The third-order valence-electron chi connectivity index (χ3n) is 3.91. The predicted molar refractivity (Wildman–Crippen MR) is 97.1 cm³/mol. The fraction of sp³-hybridized carbons (Fsp3) is 0.263. The summed E-state index contributed by atoms with van der Waals surface area (Å²) in [6.07, 6.45) is 4.55. The first-order valence-corrected chi connectivity index (χ1v) is 8.25. The van der Waals surface area contributed by atoms with E-state index in [1.54, 1.807) is 37.7 Å². The van der Waals surface area contributed by atoms with Crippen molar-refractivity contribution in [3.8, 4) is 11.5 Å². The maximum Gasteiger partial charge on any atom is 0.295 e. The highest BCUT2D eigenvalue weighted by Crippen LogP contribution is 2.25. The zero-order valence-corrected chi connectivity index (χ0v) is 14.7. The van der Waals surface area contributed by atoms with Gasteiger partial charge in [-0.25, -0.2) is 4.39 Å². The zero-order chi connectivity index (χ0) is 18.4. The maximum absolute atomic E-state index is 12.6. The smallest absolute Gasteiger partial charge is 0.295 e. The van der Waals surface area contributed by atoms with E-state index in [2.05, 4.69) is 15.3 Å². The number of hydrogen-bond donors (Lipinski definition) is 1. The Morgan fingerprint density at radius 1 is 1.35 bits per heavy atom. The normalized spacial score (nSPS) is 11.6. The molecule has 0 bridgehead atoms. The summed E-state index contributed by atoms with van der Waals surface area (Å²) in [6, 6.07) is 7.59. The van der Waals surface area contributed by atoms with Crippen molar-refractivity contribution in [2.45, 2.75) is 19.9 Å². The number of halogens is 1. The topological polar surface area (TPSA) is 69.4 Å². The SMILES string of the molecule is CC/C(=C/F)COc1ccc2nc(NCc3ccncc3OC)oc2c1. The highest BCUT2D eigenvalue weighted by atomic mass is 19.1. The first-order valence-electron chi connectivity index (χ1n) is 8.25. The zero-order valence-electron chi connectivity index (χ0n) is 14.7. The van der Waals surface area contributed by atoms with E-state index >= 15 is 0 Å². The van der Waals surface area contributed by atoms with Crippen molar-refractivity contribution < 1.29 is 18.3 Å². The lowest BCUT2D eigenvalue weighted by atomic mass is 10.2. The number of aromatic nitrogens is 2. The van der Waals surface area contributed by atoms with Gasteiger partial charge in [0.05, 0.1) is 19.6 Å². The standard InChI is InChI=1S/C19H20FN3O3/c1-3-13(9-20)12-25-15-4-5-16-17(8-15)26-19(23-16)22-10-14-6-7-21-11-18(14)24-2/h4-9,11H,3,10,12H2,1-2H3,(H,22,23)/b13-9-. The molecule has 3 rings (SSSR count). The molecule has 7 heteroatoms. The van der Waals surface area contributed by atoms with Crippen LogP contribution in [-0.4, -0.2) is 23.7 Å². The van der Waals surface area contributed by atoms with E-state index in [4.69, 9.17) is 13.9 Å². The van der Waals surface area contributed by atoms with Gasteiger partial charge in [-0.15, -0.1) is 0 Å². The molecule has 0 atom stereocenters. The molecule has 0 saturated heterocycles. The Hall–Kier alpha value is -3.09. The van der Waals surface area contributed by atoms with E-state index in [0.717, 1.165) is 5.56 Å². The number of methoxy groups -OCH3 is 1. The molecule has 1 aromatic carbocycles. The van der Waals surface area contributed by atoms with Crippen LogP contribution in [0.15, 0.2) is 53.0 Å². The fourth-order valence-electron chi connectivity index (χ4n) is 2.37. The molecule has 0 aliphatic heterocycles. The van der Waals surface area contributed by atoms with E-state index in [1.807, 2.05) is 13.0 Å². The second kappa shape index (κ2) is 8.33. The molecule has 3 aromatic rings. The summed E-state index contributed by atoms with van der Waals surface area (Å²) >= 11 is 0. The number of pyridine rings is 1. The molecule has 0 aliphatic rings. The highest BCUT2D eigenvalue weighted by Gasteiger charge is 2.09. The van der Waals surface area contributed by atoms with Crippen molar-refractivity contribution in [1.82, 2.24) is 9.97 Å². The van der Waals surface area contributed by atoms with Crippen molar-refractivity contribution >= 4 is 17.1 Å². The van der Waals surface area contributed by atoms with Gasteiger partial charge in [-0.1, -0.05) is 6.92 Å². The monoisotopic (exact) mass is 357 g/mol. The van der Waals surface area contributed by atoms with Gasteiger partial charge in [0, 0.05) is 24.4 Å². The Bertz CT molecular complexity index is 908. The molecular formula is C19H20FN3O3. The molecule has 6 nitrogen and oxygen atoms in total. The van der Waals surface area contributed by atoms with E-state index < -0.39 is 0 Å². The van der Waals surface area contributed by atoms with Crippen LogP contribution in [0.25, 0.3) is 11.1 Å². The number of oxazole rings is 1. The summed E-state index contributed by atoms with van der Waals surface area (Å²) in [5.41, 5.74) is 2.84. The number of nitrogens with one attached hydrogen (secondary N) is 1. The Morgan fingerprint density at radius 3 is 3.00 bits per heavy atom. The number of anilines is 1. The van der Waals surface area contributed by atoms with Crippen LogP contribution in [0.3, 0.4) is 0 Å². The van der Waals surface area contributed by atoms with Crippen molar-refractivity contribution in [2.24, 2.45) is 0 Å². The quantitative estimate of drug-likeness (QED) is 0.641. The Kier molecular flexibility index (Phi) is 5.68. The summed E-state index contributed by atoms with van der Waals surface area (Å²) in [7, 11) is 1.60. The van der Waals surface area contributed by atoms with Gasteiger partial charge in [0.1, 0.15) is 23.6 Å². The van der Waals surface area contributed by atoms with E-state index in [1.165, 1.54) is 0 Å². The average Bonchev–Trinajstić information content (AvgIpc) is 3.09. The molecule has 26 heavy (non-hydrogen) atoms. The lowest BCUT2D eigenvalue weighted by molar-refractivity contribution is 0.345. The van der Waals surface area contributed by atoms with Gasteiger partial charge in [0.25, 0.3) is 6.01 Å². The average molecular weight is 357 g/mol. The maximum atomic E-state index is 12.6. The number of fused-ring (bicyclic) bond motifs is 1. The molecule has 2 heterocycles. The van der Waals surface area contributed by atoms with Crippen LogP contribution >= 0.6 is 0 Å². The van der Waals surface area contributed by atoms with Crippen LogP contribution in [0.5, 0.6) is 11.5 Å². The summed E-state index contributed by atoms with van der Waals surface area (Å²) in [5, 5.41) is 3.13. The Labute approximate surface area is 150 Å². The van der Waals surface area contributed by atoms with Gasteiger partial charge in [0.2, 0.25) is 0 Å². The highest BCUT2D eigenvalue weighted by molar-refractivity contribution is 5.76.